The molecule has 0 saturated heterocycles. The summed E-state index contributed by atoms with van der Waals surface area (Å²) in [7, 11) is 0. The third kappa shape index (κ3) is 4.09. The number of hydrogen-bond donors (Lipinski definition) is 1. The Morgan fingerprint density at radius 2 is 1.70 bits per heavy atom. The number of nitrogens with one attached hydrogen (secondary N) is 1. The molecule has 0 spiro atoms. The molecule has 1 aliphatic rings. The summed E-state index contributed by atoms with van der Waals surface area (Å²) in [5.74, 6) is 0.549. The van der Waals surface area contributed by atoms with Crippen molar-refractivity contribution < 1.29 is 9.59 Å². The SMILES string of the molecule is CC(C)CC(NC(=O)CCCN1C(=O)c2cccc3cccc1c23)c1ccccc1. The molecule has 3 aromatic carbocycles. The van der Waals surface area contributed by atoms with Crippen LogP contribution in [-0.4, -0.2) is 18.4 Å². The molecule has 1 aliphatic heterocycles. The number of nitrogens with zero attached hydrogens (tertiary/aromatic N) is 1. The molecule has 0 saturated carbocycles. The molecule has 4 heteroatoms. The highest BCUT2D eigenvalue weighted by atomic mass is 16.2. The van der Waals surface area contributed by atoms with Crippen molar-refractivity contribution in [1.82, 2.24) is 5.32 Å². The van der Waals surface area contributed by atoms with Crippen molar-refractivity contribution in [2.45, 2.75) is 39.2 Å². The fourth-order valence-electron chi connectivity index (χ4n) is 4.30. The largest absolute Gasteiger partial charge is 0.349 e. The number of anilines is 1. The monoisotopic (exact) mass is 400 g/mol. The van der Waals surface area contributed by atoms with E-state index in [0.717, 1.165) is 34.0 Å². The standard InChI is InChI=1S/C26H28N2O2/c1-18(2)17-22(19-9-4-3-5-10-19)27-24(29)15-8-16-28-23-14-7-12-20-11-6-13-21(25(20)23)26(28)30/h3-7,9-14,18,22H,8,15-17H2,1-2H3,(H,27,29). The summed E-state index contributed by atoms with van der Waals surface area (Å²) < 4.78 is 0. The van der Waals surface area contributed by atoms with Gasteiger partial charge in [-0.05, 0) is 41.8 Å². The molecule has 3 aromatic rings. The molecule has 4 nitrogen and oxygen atoms in total. The first kappa shape index (κ1) is 20.1. The van der Waals surface area contributed by atoms with E-state index in [1.54, 1.807) is 0 Å². The fourth-order valence-corrected chi connectivity index (χ4v) is 4.30. The molecule has 1 unspecified atom stereocenters. The Kier molecular flexibility index (Phi) is 5.84. The van der Waals surface area contributed by atoms with Gasteiger partial charge in [-0.2, -0.15) is 0 Å². The van der Waals surface area contributed by atoms with Crippen LogP contribution in [0.4, 0.5) is 5.69 Å². The summed E-state index contributed by atoms with van der Waals surface area (Å²) >= 11 is 0. The lowest BCUT2D eigenvalue weighted by molar-refractivity contribution is -0.122. The molecule has 0 bridgehead atoms. The van der Waals surface area contributed by atoms with Crippen molar-refractivity contribution in [2.75, 3.05) is 11.4 Å². The Bertz CT molecular complexity index is 1050. The van der Waals surface area contributed by atoms with E-state index in [9.17, 15) is 9.59 Å². The van der Waals surface area contributed by atoms with E-state index in [4.69, 9.17) is 0 Å². The molecule has 0 radical (unpaired) electrons. The van der Waals surface area contributed by atoms with Crippen molar-refractivity contribution in [3.8, 4) is 0 Å². The topological polar surface area (TPSA) is 49.4 Å². The first-order valence-electron chi connectivity index (χ1n) is 10.7. The maximum absolute atomic E-state index is 12.9. The maximum atomic E-state index is 12.9. The van der Waals surface area contributed by atoms with E-state index < -0.39 is 0 Å². The Balaban J connectivity index is 1.38. The molecule has 154 valence electrons. The van der Waals surface area contributed by atoms with Gasteiger partial charge in [-0.25, -0.2) is 0 Å². The van der Waals surface area contributed by atoms with Crippen LogP contribution in [0.2, 0.25) is 0 Å². The van der Waals surface area contributed by atoms with Crippen LogP contribution in [0.15, 0.2) is 66.7 Å². The maximum Gasteiger partial charge on any atom is 0.258 e. The zero-order valence-electron chi connectivity index (χ0n) is 17.6. The lowest BCUT2D eigenvalue weighted by atomic mass is 9.97. The number of hydrogen-bond acceptors (Lipinski definition) is 2. The quantitative estimate of drug-likeness (QED) is 0.544. The number of rotatable bonds is 8. The average Bonchev–Trinajstić information content (AvgIpc) is 3.02. The molecule has 1 heterocycles. The van der Waals surface area contributed by atoms with E-state index in [0.29, 0.717) is 25.3 Å². The summed E-state index contributed by atoms with van der Waals surface area (Å²) in [6.07, 6.45) is 1.93. The highest BCUT2D eigenvalue weighted by Crippen LogP contribution is 2.37. The van der Waals surface area contributed by atoms with Crippen molar-refractivity contribution >= 4 is 28.3 Å². The Morgan fingerprint density at radius 3 is 2.43 bits per heavy atom. The average molecular weight is 401 g/mol. The van der Waals surface area contributed by atoms with Crippen molar-refractivity contribution in [3.05, 3.63) is 77.9 Å². The molecular weight excluding hydrogens is 372 g/mol. The van der Waals surface area contributed by atoms with Gasteiger partial charge < -0.3 is 10.2 Å². The van der Waals surface area contributed by atoms with Gasteiger partial charge in [0.25, 0.3) is 5.91 Å². The lowest BCUT2D eigenvalue weighted by Crippen LogP contribution is -2.32. The molecule has 1 N–H and O–H groups in total. The third-order valence-electron chi connectivity index (χ3n) is 5.68. The van der Waals surface area contributed by atoms with Crippen LogP contribution in [-0.2, 0) is 4.79 Å². The van der Waals surface area contributed by atoms with Crippen LogP contribution in [0, 0.1) is 5.92 Å². The van der Waals surface area contributed by atoms with Gasteiger partial charge in [0.2, 0.25) is 5.91 Å². The van der Waals surface area contributed by atoms with Crippen LogP contribution in [0.1, 0.15) is 55.1 Å². The summed E-state index contributed by atoms with van der Waals surface area (Å²) in [5, 5.41) is 5.30. The smallest absolute Gasteiger partial charge is 0.258 e. The summed E-state index contributed by atoms with van der Waals surface area (Å²) in [5.41, 5.74) is 2.85. The van der Waals surface area contributed by atoms with Crippen molar-refractivity contribution in [2.24, 2.45) is 5.92 Å². The molecule has 4 rings (SSSR count). The first-order chi connectivity index (χ1) is 14.5. The van der Waals surface area contributed by atoms with E-state index in [-0.39, 0.29) is 17.9 Å². The van der Waals surface area contributed by atoms with Gasteiger partial charge >= 0.3 is 0 Å². The number of carbonyl (C=O) groups is 2. The molecule has 2 amide bonds. The minimum absolute atomic E-state index is 0.0186. The summed E-state index contributed by atoms with van der Waals surface area (Å²) in [6, 6.07) is 22.0. The van der Waals surface area contributed by atoms with Crippen molar-refractivity contribution in [3.63, 3.8) is 0 Å². The zero-order valence-corrected chi connectivity index (χ0v) is 17.6. The van der Waals surface area contributed by atoms with E-state index >= 15 is 0 Å². The molecule has 0 aromatic heterocycles. The second-order valence-electron chi connectivity index (χ2n) is 8.40. The van der Waals surface area contributed by atoms with Crippen LogP contribution >= 0.6 is 0 Å². The summed E-state index contributed by atoms with van der Waals surface area (Å²) in [6.45, 7) is 4.87. The second kappa shape index (κ2) is 8.70. The van der Waals surface area contributed by atoms with Gasteiger partial charge in [0.1, 0.15) is 0 Å². The van der Waals surface area contributed by atoms with E-state index in [2.05, 4.69) is 31.3 Å². The highest BCUT2D eigenvalue weighted by Gasteiger charge is 2.29. The van der Waals surface area contributed by atoms with Gasteiger partial charge in [0.05, 0.1) is 11.7 Å². The minimum Gasteiger partial charge on any atom is -0.349 e. The molecular formula is C26H28N2O2. The highest BCUT2D eigenvalue weighted by molar-refractivity contribution is 6.25. The fraction of sp³-hybridized carbons (Fsp3) is 0.308. The normalized spacial score (nSPS) is 13.8. The molecule has 30 heavy (non-hydrogen) atoms. The van der Waals surface area contributed by atoms with Crippen LogP contribution in [0.3, 0.4) is 0 Å². The lowest BCUT2D eigenvalue weighted by Gasteiger charge is -2.22. The van der Waals surface area contributed by atoms with Gasteiger partial charge in [-0.15, -0.1) is 0 Å². The molecule has 1 atom stereocenters. The predicted octanol–water partition coefficient (Wildman–Crippen LogP) is 5.48. The van der Waals surface area contributed by atoms with Crippen LogP contribution in [0.5, 0.6) is 0 Å². The number of amides is 2. The van der Waals surface area contributed by atoms with Crippen LogP contribution < -0.4 is 10.2 Å². The van der Waals surface area contributed by atoms with E-state index in [1.807, 2.05) is 59.5 Å². The van der Waals surface area contributed by atoms with Gasteiger partial charge in [0.15, 0.2) is 0 Å². The van der Waals surface area contributed by atoms with Crippen molar-refractivity contribution in [1.29, 1.82) is 0 Å². The van der Waals surface area contributed by atoms with Gasteiger partial charge in [0, 0.05) is 23.9 Å². The van der Waals surface area contributed by atoms with Gasteiger partial charge in [-0.1, -0.05) is 68.4 Å². The number of benzene rings is 3. The van der Waals surface area contributed by atoms with Gasteiger partial charge in [-0.3, -0.25) is 9.59 Å². The third-order valence-corrected chi connectivity index (χ3v) is 5.68. The molecule has 0 fully saturated rings. The Hall–Kier alpha value is -3.14. The minimum atomic E-state index is 0.0186. The summed E-state index contributed by atoms with van der Waals surface area (Å²) in [4.78, 5) is 27.3. The predicted molar refractivity (Wildman–Crippen MR) is 122 cm³/mol. The van der Waals surface area contributed by atoms with E-state index in [1.165, 1.54) is 0 Å². The second-order valence-corrected chi connectivity index (χ2v) is 8.40. The van der Waals surface area contributed by atoms with Crippen LogP contribution in [0.25, 0.3) is 10.8 Å². The zero-order chi connectivity index (χ0) is 21.1. The Labute approximate surface area is 177 Å². The first-order valence-corrected chi connectivity index (χ1v) is 10.7. The molecule has 0 aliphatic carbocycles. The number of carbonyl (C=O) groups excluding carboxylic acids is 2. The Morgan fingerprint density at radius 1 is 0.967 bits per heavy atom.